The molecule has 1 unspecified atom stereocenters. The summed E-state index contributed by atoms with van der Waals surface area (Å²) in [5, 5.41) is 9.59. The largest absolute Gasteiger partial charge is 0.378 e. The van der Waals surface area contributed by atoms with Crippen molar-refractivity contribution in [1.29, 1.82) is 0 Å². The summed E-state index contributed by atoms with van der Waals surface area (Å²) in [7, 11) is 0. The van der Waals surface area contributed by atoms with Crippen LogP contribution in [-0.2, 0) is 28.9 Å². The number of aromatic nitrogens is 3. The van der Waals surface area contributed by atoms with Gasteiger partial charge in [0.05, 0.1) is 19.8 Å². The SMILES string of the molecule is Cc1nnc2n1-c1sc3c(c1C=NC2)CC(C(=O)N1CCOCC1)C3. The van der Waals surface area contributed by atoms with E-state index in [1.807, 2.05) is 18.0 Å². The zero-order valence-corrected chi connectivity index (χ0v) is 14.9. The van der Waals surface area contributed by atoms with Crippen LogP contribution in [0.3, 0.4) is 0 Å². The zero-order chi connectivity index (χ0) is 17.0. The molecule has 0 aromatic carbocycles. The minimum atomic E-state index is 0.0581. The van der Waals surface area contributed by atoms with Crippen LogP contribution in [0.4, 0.5) is 0 Å². The van der Waals surface area contributed by atoms with Gasteiger partial charge in [-0.1, -0.05) is 0 Å². The van der Waals surface area contributed by atoms with Crippen molar-refractivity contribution in [3.63, 3.8) is 0 Å². The number of aryl methyl sites for hydroxylation is 1. The average Bonchev–Trinajstić information content (AvgIpc) is 3.25. The standard InChI is InChI=1S/C17H19N5O2S/c1-10-19-20-15-9-18-8-13-12-6-11(7-14(12)25-17(13)22(10)15)16(23)21-2-4-24-5-3-21/h8,11H,2-7,9H2,1H3. The molecule has 1 atom stereocenters. The first-order valence-corrected chi connectivity index (χ1v) is 9.46. The number of nitrogens with zero attached hydrogens (tertiary/aromatic N) is 5. The smallest absolute Gasteiger partial charge is 0.226 e. The third-order valence-electron chi connectivity index (χ3n) is 5.21. The Bertz CT molecular complexity index is 878. The van der Waals surface area contributed by atoms with Crippen molar-refractivity contribution in [3.8, 4) is 5.00 Å². The average molecular weight is 357 g/mol. The van der Waals surface area contributed by atoms with Crippen LogP contribution in [0.1, 0.15) is 27.7 Å². The number of fused-ring (bicyclic) bond motifs is 5. The molecule has 2 aromatic heterocycles. The molecule has 0 saturated carbocycles. The van der Waals surface area contributed by atoms with Gasteiger partial charge in [-0.2, -0.15) is 0 Å². The molecule has 1 saturated heterocycles. The second-order valence-electron chi connectivity index (χ2n) is 6.73. The summed E-state index contributed by atoms with van der Waals surface area (Å²) in [5.41, 5.74) is 2.44. The van der Waals surface area contributed by atoms with Gasteiger partial charge >= 0.3 is 0 Å². The molecular formula is C17H19N5O2S. The number of ether oxygens (including phenoxy) is 1. The molecule has 0 spiro atoms. The second-order valence-corrected chi connectivity index (χ2v) is 7.82. The van der Waals surface area contributed by atoms with Crippen molar-refractivity contribution in [3.05, 3.63) is 27.7 Å². The highest BCUT2D eigenvalue weighted by atomic mass is 32.1. The van der Waals surface area contributed by atoms with E-state index in [4.69, 9.17) is 4.74 Å². The van der Waals surface area contributed by atoms with E-state index in [2.05, 4.69) is 19.8 Å². The molecule has 4 heterocycles. The van der Waals surface area contributed by atoms with Gasteiger partial charge in [-0.25, -0.2) is 0 Å². The first-order valence-electron chi connectivity index (χ1n) is 8.64. The van der Waals surface area contributed by atoms with E-state index >= 15 is 0 Å². The Kier molecular flexibility index (Phi) is 3.49. The van der Waals surface area contributed by atoms with Gasteiger partial charge in [0.15, 0.2) is 5.82 Å². The lowest BCUT2D eigenvalue weighted by atomic mass is 10.0. The Hall–Kier alpha value is -2.06. The summed E-state index contributed by atoms with van der Waals surface area (Å²) >= 11 is 1.76. The van der Waals surface area contributed by atoms with Crippen LogP contribution >= 0.6 is 11.3 Å². The van der Waals surface area contributed by atoms with E-state index in [1.54, 1.807) is 11.3 Å². The van der Waals surface area contributed by atoms with Crippen LogP contribution in [0.25, 0.3) is 5.00 Å². The van der Waals surface area contributed by atoms with Gasteiger partial charge in [0.25, 0.3) is 0 Å². The fourth-order valence-corrected chi connectivity index (χ4v) is 5.40. The van der Waals surface area contributed by atoms with Crippen molar-refractivity contribution < 1.29 is 9.53 Å². The number of carbonyl (C=O) groups excluding carboxylic acids is 1. The number of carbonyl (C=O) groups is 1. The Morgan fingerprint density at radius 1 is 1.28 bits per heavy atom. The molecule has 1 aliphatic carbocycles. The highest BCUT2D eigenvalue weighted by molar-refractivity contribution is 7.15. The molecule has 8 heteroatoms. The Labute approximate surface area is 149 Å². The lowest BCUT2D eigenvalue weighted by molar-refractivity contribution is -0.139. The van der Waals surface area contributed by atoms with Crippen LogP contribution in [-0.4, -0.2) is 58.1 Å². The van der Waals surface area contributed by atoms with Crippen molar-refractivity contribution in [1.82, 2.24) is 19.7 Å². The Morgan fingerprint density at radius 2 is 2.12 bits per heavy atom. The van der Waals surface area contributed by atoms with Crippen molar-refractivity contribution in [2.45, 2.75) is 26.3 Å². The topological polar surface area (TPSA) is 72.6 Å². The van der Waals surface area contributed by atoms with Gasteiger partial charge in [0.2, 0.25) is 5.91 Å². The minimum absolute atomic E-state index is 0.0581. The number of aliphatic imine (C=N–C) groups is 1. The van der Waals surface area contributed by atoms with Crippen LogP contribution in [0.15, 0.2) is 4.99 Å². The molecule has 1 amide bonds. The molecule has 3 aliphatic rings. The molecule has 130 valence electrons. The summed E-state index contributed by atoms with van der Waals surface area (Å²) in [6.45, 7) is 5.25. The predicted octanol–water partition coefficient (Wildman–Crippen LogP) is 1.14. The van der Waals surface area contributed by atoms with Crippen LogP contribution in [0, 0.1) is 12.8 Å². The maximum atomic E-state index is 12.8. The normalized spacial score (nSPS) is 21.6. The van der Waals surface area contributed by atoms with Crippen molar-refractivity contribution >= 4 is 23.5 Å². The maximum absolute atomic E-state index is 12.8. The summed E-state index contributed by atoms with van der Waals surface area (Å²) in [4.78, 5) is 20.6. The fourth-order valence-electron chi connectivity index (χ4n) is 3.95. The lowest BCUT2D eigenvalue weighted by Crippen LogP contribution is -2.44. The molecule has 2 aromatic rings. The summed E-state index contributed by atoms with van der Waals surface area (Å²) in [6, 6.07) is 0. The minimum Gasteiger partial charge on any atom is -0.378 e. The van der Waals surface area contributed by atoms with Crippen LogP contribution in [0.5, 0.6) is 0 Å². The summed E-state index contributed by atoms with van der Waals surface area (Å²) in [6.07, 6.45) is 3.59. The first-order chi connectivity index (χ1) is 12.2. The first kappa shape index (κ1) is 15.2. The second kappa shape index (κ2) is 5.74. The summed E-state index contributed by atoms with van der Waals surface area (Å²) < 4.78 is 7.48. The highest BCUT2D eigenvalue weighted by Crippen LogP contribution is 2.41. The van der Waals surface area contributed by atoms with Gasteiger partial charge in [-0.3, -0.25) is 14.4 Å². The summed E-state index contributed by atoms with van der Waals surface area (Å²) in [5.74, 6) is 2.10. The van der Waals surface area contributed by atoms with E-state index in [0.717, 1.165) is 35.1 Å². The molecule has 25 heavy (non-hydrogen) atoms. The van der Waals surface area contributed by atoms with Gasteiger partial charge in [0, 0.05) is 35.7 Å². The molecule has 0 N–H and O–H groups in total. The monoisotopic (exact) mass is 357 g/mol. The van der Waals surface area contributed by atoms with Gasteiger partial charge in [-0.15, -0.1) is 21.5 Å². The number of hydrogen-bond donors (Lipinski definition) is 0. The Balaban J connectivity index is 1.46. The highest BCUT2D eigenvalue weighted by Gasteiger charge is 2.36. The van der Waals surface area contributed by atoms with E-state index < -0.39 is 0 Å². The zero-order valence-electron chi connectivity index (χ0n) is 14.1. The predicted molar refractivity (Wildman–Crippen MR) is 93.6 cm³/mol. The van der Waals surface area contributed by atoms with E-state index in [9.17, 15) is 4.79 Å². The van der Waals surface area contributed by atoms with E-state index in [0.29, 0.717) is 32.8 Å². The Morgan fingerprint density at radius 3 is 2.96 bits per heavy atom. The van der Waals surface area contributed by atoms with Gasteiger partial charge in [0.1, 0.15) is 10.8 Å². The van der Waals surface area contributed by atoms with Crippen molar-refractivity contribution in [2.75, 3.05) is 26.3 Å². The number of morpholine rings is 1. The molecule has 7 nitrogen and oxygen atoms in total. The fraction of sp³-hybridized carbons (Fsp3) is 0.529. The number of thiophene rings is 1. The van der Waals surface area contributed by atoms with E-state index in [1.165, 1.54) is 10.4 Å². The molecule has 0 radical (unpaired) electrons. The maximum Gasteiger partial charge on any atom is 0.226 e. The molecular weight excluding hydrogens is 338 g/mol. The third kappa shape index (κ3) is 2.35. The molecule has 2 aliphatic heterocycles. The van der Waals surface area contributed by atoms with Crippen LogP contribution in [0.2, 0.25) is 0 Å². The number of hydrogen-bond acceptors (Lipinski definition) is 6. The number of amides is 1. The van der Waals surface area contributed by atoms with E-state index in [-0.39, 0.29) is 11.8 Å². The molecule has 1 fully saturated rings. The van der Waals surface area contributed by atoms with Crippen LogP contribution < -0.4 is 0 Å². The van der Waals surface area contributed by atoms with Gasteiger partial charge in [-0.05, 0) is 25.3 Å². The van der Waals surface area contributed by atoms with Crippen molar-refractivity contribution in [2.24, 2.45) is 10.9 Å². The number of rotatable bonds is 1. The molecule has 0 bridgehead atoms. The van der Waals surface area contributed by atoms with Gasteiger partial charge < -0.3 is 9.64 Å². The quantitative estimate of drug-likeness (QED) is 0.767. The third-order valence-corrected chi connectivity index (χ3v) is 6.47. The molecule has 5 rings (SSSR count). The lowest BCUT2D eigenvalue weighted by Gasteiger charge is -2.29.